The zero-order valence-electron chi connectivity index (χ0n) is 16.0. The molecule has 0 saturated carbocycles. The summed E-state index contributed by atoms with van der Waals surface area (Å²) in [6.45, 7) is 5.11. The van der Waals surface area contributed by atoms with E-state index in [2.05, 4.69) is 39.7 Å². The van der Waals surface area contributed by atoms with E-state index in [0.717, 1.165) is 44.3 Å². The van der Waals surface area contributed by atoms with Gasteiger partial charge in [0.2, 0.25) is 0 Å². The van der Waals surface area contributed by atoms with Crippen molar-refractivity contribution in [1.82, 2.24) is 15.6 Å². The van der Waals surface area contributed by atoms with Crippen LogP contribution in [0.5, 0.6) is 0 Å². The molecule has 1 atom stereocenters. The maximum atomic E-state index is 13.9. The Balaban J connectivity index is 0.00000280. The van der Waals surface area contributed by atoms with E-state index in [4.69, 9.17) is 0 Å². The fourth-order valence-corrected chi connectivity index (χ4v) is 3.80. The molecule has 1 saturated heterocycles. The Labute approximate surface area is 187 Å². The fraction of sp³-hybridized carbons (Fsp3) is 0.400. The third-order valence-electron chi connectivity index (χ3n) is 4.29. The van der Waals surface area contributed by atoms with E-state index in [0.29, 0.717) is 5.82 Å². The molecule has 1 fully saturated rings. The van der Waals surface area contributed by atoms with E-state index >= 15 is 0 Å². The van der Waals surface area contributed by atoms with E-state index in [1.807, 2.05) is 23.1 Å². The molecule has 2 heterocycles. The molecule has 152 valence electrons. The molecule has 2 N–H and O–H groups in total. The summed E-state index contributed by atoms with van der Waals surface area (Å²) in [4.78, 5) is 12.1. The third-order valence-corrected chi connectivity index (χ3v) is 5.28. The van der Waals surface area contributed by atoms with Crippen LogP contribution in [-0.4, -0.2) is 48.9 Å². The Kier molecular flexibility index (Phi) is 9.83. The number of thioether (sulfide) groups is 1. The summed E-state index contributed by atoms with van der Waals surface area (Å²) in [5, 5.41) is 6.77. The first-order valence-electron chi connectivity index (χ1n) is 9.34. The second-order valence-corrected chi connectivity index (χ2v) is 7.48. The second kappa shape index (κ2) is 12.1. The monoisotopic (exact) mass is 515 g/mol. The maximum absolute atomic E-state index is 13.9. The Morgan fingerprint density at radius 2 is 2.11 bits per heavy atom. The first kappa shape index (κ1) is 22.7. The van der Waals surface area contributed by atoms with Gasteiger partial charge in [0, 0.05) is 42.5 Å². The highest BCUT2D eigenvalue weighted by Gasteiger charge is 2.25. The Morgan fingerprint density at radius 1 is 1.29 bits per heavy atom. The van der Waals surface area contributed by atoms with Crippen molar-refractivity contribution >= 4 is 47.5 Å². The summed E-state index contributed by atoms with van der Waals surface area (Å²) in [5.74, 6) is 1.91. The number of aromatic nitrogens is 1. The van der Waals surface area contributed by atoms with E-state index < -0.39 is 0 Å². The van der Waals surface area contributed by atoms with Crippen LogP contribution in [0.2, 0.25) is 0 Å². The summed E-state index contributed by atoms with van der Waals surface area (Å²) < 4.78 is 13.9. The molecule has 2 aromatic rings. The number of pyridine rings is 1. The predicted molar refractivity (Wildman–Crippen MR) is 127 cm³/mol. The van der Waals surface area contributed by atoms with E-state index in [-0.39, 0.29) is 35.8 Å². The minimum Gasteiger partial charge on any atom is -0.357 e. The van der Waals surface area contributed by atoms with Gasteiger partial charge >= 0.3 is 0 Å². The third kappa shape index (κ3) is 6.80. The van der Waals surface area contributed by atoms with Crippen molar-refractivity contribution < 1.29 is 4.39 Å². The van der Waals surface area contributed by atoms with Crippen molar-refractivity contribution in [3.63, 3.8) is 0 Å². The molecule has 0 amide bonds. The summed E-state index contributed by atoms with van der Waals surface area (Å²) in [6.07, 6.45) is 2.56. The van der Waals surface area contributed by atoms with Gasteiger partial charge in [-0.25, -0.2) is 9.37 Å². The Bertz CT molecular complexity index is 746. The number of halogens is 2. The van der Waals surface area contributed by atoms with Crippen molar-refractivity contribution in [1.29, 1.82) is 0 Å². The Morgan fingerprint density at radius 3 is 2.86 bits per heavy atom. The normalized spacial score (nSPS) is 16.6. The number of nitrogens with one attached hydrogen (secondary N) is 2. The molecule has 5 nitrogen and oxygen atoms in total. The van der Waals surface area contributed by atoms with Crippen LogP contribution < -0.4 is 15.5 Å². The number of guanidine groups is 1. The van der Waals surface area contributed by atoms with Gasteiger partial charge in [0.05, 0.1) is 6.54 Å². The molecule has 1 aromatic carbocycles. The van der Waals surface area contributed by atoms with Crippen LogP contribution in [0.3, 0.4) is 0 Å². The highest BCUT2D eigenvalue weighted by molar-refractivity contribution is 14.0. The highest BCUT2D eigenvalue weighted by Crippen LogP contribution is 2.20. The minimum atomic E-state index is -0.267. The zero-order valence-corrected chi connectivity index (χ0v) is 19.1. The number of benzene rings is 1. The summed E-state index contributed by atoms with van der Waals surface area (Å²) in [5.41, 5.74) is 0. The average Bonchev–Trinajstić information content (AvgIpc) is 3.15. The molecule has 1 unspecified atom stereocenters. The number of anilines is 1. The zero-order chi connectivity index (χ0) is 18.9. The number of rotatable bonds is 7. The number of hydrogen-bond donors (Lipinski definition) is 2. The van der Waals surface area contributed by atoms with Gasteiger partial charge in [-0.2, -0.15) is 0 Å². The number of nitrogens with zero attached hydrogens (tertiary/aromatic N) is 3. The molecule has 3 rings (SSSR count). The van der Waals surface area contributed by atoms with Crippen LogP contribution in [0.25, 0.3) is 0 Å². The molecular weight excluding hydrogens is 488 g/mol. The van der Waals surface area contributed by atoms with Crippen LogP contribution in [0.15, 0.2) is 58.5 Å². The lowest BCUT2D eigenvalue weighted by Gasteiger charge is -2.19. The van der Waals surface area contributed by atoms with Gasteiger partial charge in [-0.1, -0.05) is 18.2 Å². The van der Waals surface area contributed by atoms with Gasteiger partial charge in [-0.15, -0.1) is 35.7 Å². The largest absolute Gasteiger partial charge is 0.357 e. The van der Waals surface area contributed by atoms with Crippen molar-refractivity contribution in [3.8, 4) is 0 Å². The lowest BCUT2D eigenvalue weighted by atomic mass is 10.3. The second-order valence-electron chi connectivity index (χ2n) is 6.31. The van der Waals surface area contributed by atoms with Crippen molar-refractivity contribution in [3.05, 3.63) is 54.5 Å². The standard InChI is InChI=1S/C20H26FN5S.HI/c1-2-22-20(24-12-14-27-17-7-4-3-5-8-17)25-16-10-13-26(15-16)19-18(21)9-6-11-23-19;/h3-9,11,16H,2,10,12-15H2,1H3,(H2,22,24,25);1H. The fourth-order valence-electron chi connectivity index (χ4n) is 3.03. The molecule has 1 aliphatic heterocycles. The molecule has 0 bridgehead atoms. The molecular formula is C20H27FIN5S. The molecule has 1 aromatic heterocycles. The van der Waals surface area contributed by atoms with E-state index in [1.165, 1.54) is 11.0 Å². The summed E-state index contributed by atoms with van der Waals surface area (Å²) >= 11 is 1.80. The van der Waals surface area contributed by atoms with Gasteiger partial charge in [-0.3, -0.25) is 4.99 Å². The minimum absolute atomic E-state index is 0. The van der Waals surface area contributed by atoms with Crippen LogP contribution in [0, 0.1) is 5.82 Å². The average molecular weight is 515 g/mol. The maximum Gasteiger partial charge on any atom is 0.191 e. The smallest absolute Gasteiger partial charge is 0.191 e. The summed E-state index contributed by atoms with van der Waals surface area (Å²) in [7, 11) is 0. The molecule has 0 aliphatic carbocycles. The molecule has 0 radical (unpaired) electrons. The topological polar surface area (TPSA) is 52.6 Å². The van der Waals surface area contributed by atoms with Gasteiger partial charge in [0.25, 0.3) is 0 Å². The van der Waals surface area contributed by atoms with Crippen molar-refractivity contribution in [2.24, 2.45) is 4.99 Å². The van der Waals surface area contributed by atoms with Crippen molar-refractivity contribution in [2.45, 2.75) is 24.3 Å². The van der Waals surface area contributed by atoms with Gasteiger partial charge in [-0.05, 0) is 37.6 Å². The predicted octanol–water partition coefficient (Wildman–Crippen LogP) is 3.76. The van der Waals surface area contributed by atoms with Crippen LogP contribution in [-0.2, 0) is 0 Å². The SMILES string of the molecule is CCNC(=NCCSc1ccccc1)NC1CCN(c2ncccc2F)C1.I. The molecule has 1 aliphatic rings. The molecule has 8 heteroatoms. The number of hydrogen-bond acceptors (Lipinski definition) is 4. The van der Waals surface area contributed by atoms with E-state index in [9.17, 15) is 4.39 Å². The lowest BCUT2D eigenvalue weighted by molar-refractivity contribution is 0.612. The van der Waals surface area contributed by atoms with Crippen LogP contribution in [0.4, 0.5) is 10.2 Å². The first-order chi connectivity index (χ1) is 13.3. The quantitative estimate of drug-likeness (QED) is 0.193. The first-order valence-corrected chi connectivity index (χ1v) is 10.3. The van der Waals surface area contributed by atoms with Gasteiger partial charge in [0.1, 0.15) is 0 Å². The lowest BCUT2D eigenvalue weighted by Crippen LogP contribution is -2.44. The van der Waals surface area contributed by atoms with Crippen molar-refractivity contribution in [2.75, 3.05) is 36.8 Å². The van der Waals surface area contributed by atoms with Gasteiger partial charge in [0.15, 0.2) is 17.6 Å². The number of aliphatic imine (C=N–C) groups is 1. The van der Waals surface area contributed by atoms with Crippen LogP contribution >= 0.6 is 35.7 Å². The summed E-state index contributed by atoms with van der Waals surface area (Å²) in [6, 6.07) is 13.7. The van der Waals surface area contributed by atoms with Gasteiger partial charge < -0.3 is 15.5 Å². The van der Waals surface area contributed by atoms with Crippen LogP contribution in [0.1, 0.15) is 13.3 Å². The highest BCUT2D eigenvalue weighted by atomic mass is 127. The van der Waals surface area contributed by atoms with E-state index in [1.54, 1.807) is 24.0 Å². The molecule has 28 heavy (non-hydrogen) atoms. The molecule has 0 spiro atoms. The Hall–Kier alpha value is -1.55.